The lowest BCUT2D eigenvalue weighted by Crippen LogP contribution is -2.15. The molecule has 0 fully saturated rings. The van der Waals surface area contributed by atoms with Crippen LogP contribution < -0.4 is 5.32 Å². The van der Waals surface area contributed by atoms with E-state index in [0.29, 0.717) is 23.3 Å². The minimum Gasteiger partial charge on any atom is -0.419 e. The minimum absolute atomic E-state index is 0.455. The summed E-state index contributed by atoms with van der Waals surface area (Å²) >= 11 is 6.13. The molecular weight excluding hydrogens is 310 g/mol. The molecule has 1 aromatic heterocycles. The highest BCUT2D eigenvalue weighted by molar-refractivity contribution is 6.33. The Bertz CT molecular complexity index is 743. The number of nitrogens with zero attached hydrogens (tertiary/aromatic N) is 2. The van der Waals surface area contributed by atoms with Crippen LogP contribution in [0.25, 0.3) is 11.5 Å². The van der Waals surface area contributed by atoms with Gasteiger partial charge in [-0.2, -0.15) is 0 Å². The van der Waals surface area contributed by atoms with Gasteiger partial charge in [0.1, 0.15) is 0 Å². The van der Waals surface area contributed by atoms with Gasteiger partial charge in [0.2, 0.25) is 11.8 Å². The Morgan fingerprint density at radius 1 is 0.957 bits per heavy atom. The highest BCUT2D eigenvalue weighted by Crippen LogP contribution is 2.26. The summed E-state index contributed by atoms with van der Waals surface area (Å²) in [4.78, 5) is 0. The summed E-state index contributed by atoms with van der Waals surface area (Å²) in [6, 6.07) is 17.9. The highest BCUT2D eigenvalue weighted by atomic mass is 35.5. The molecule has 0 amide bonds. The van der Waals surface area contributed by atoms with Crippen LogP contribution in [-0.4, -0.2) is 16.7 Å². The first kappa shape index (κ1) is 15.7. The van der Waals surface area contributed by atoms with Gasteiger partial charge in [-0.3, -0.25) is 0 Å². The van der Waals surface area contributed by atoms with Crippen LogP contribution in [0.1, 0.15) is 17.9 Å². The first-order chi connectivity index (χ1) is 11.3. The van der Waals surface area contributed by atoms with Crippen molar-refractivity contribution < 1.29 is 4.42 Å². The molecule has 0 saturated carbocycles. The number of rotatable bonds is 7. The van der Waals surface area contributed by atoms with Crippen LogP contribution in [0.4, 0.5) is 0 Å². The quantitative estimate of drug-likeness (QED) is 0.663. The summed E-state index contributed by atoms with van der Waals surface area (Å²) < 4.78 is 5.65. The molecule has 0 unspecified atom stereocenters. The molecule has 1 N–H and O–H groups in total. The Balaban J connectivity index is 1.46. The molecule has 118 valence electrons. The van der Waals surface area contributed by atoms with Crippen LogP contribution in [0.3, 0.4) is 0 Å². The third-order valence-electron chi connectivity index (χ3n) is 3.51. The summed E-state index contributed by atoms with van der Waals surface area (Å²) in [7, 11) is 0. The van der Waals surface area contributed by atoms with E-state index in [9.17, 15) is 0 Å². The standard InChI is InChI=1S/C18H18ClN3O/c19-16-11-5-4-10-15(16)18-22-21-17(23-18)13-20-12-6-9-14-7-2-1-3-8-14/h1-5,7-8,10-11,20H,6,9,12-13H2. The molecule has 23 heavy (non-hydrogen) atoms. The summed E-state index contributed by atoms with van der Waals surface area (Å²) in [5.41, 5.74) is 2.12. The van der Waals surface area contributed by atoms with Gasteiger partial charge in [0, 0.05) is 0 Å². The number of hydrogen-bond donors (Lipinski definition) is 1. The number of halogens is 1. The van der Waals surface area contributed by atoms with Crippen molar-refractivity contribution in [2.45, 2.75) is 19.4 Å². The second kappa shape index (κ2) is 7.90. The van der Waals surface area contributed by atoms with Gasteiger partial charge < -0.3 is 9.73 Å². The van der Waals surface area contributed by atoms with Crippen molar-refractivity contribution in [3.05, 3.63) is 71.1 Å². The smallest absolute Gasteiger partial charge is 0.249 e. The Morgan fingerprint density at radius 2 is 1.74 bits per heavy atom. The van der Waals surface area contributed by atoms with E-state index in [0.717, 1.165) is 24.9 Å². The Morgan fingerprint density at radius 3 is 2.57 bits per heavy atom. The SMILES string of the molecule is Clc1ccccc1-c1nnc(CNCCCc2ccccc2)o1. The van der Waals surface area contributed by atoms with Crippen LogP contribution in [0.2, 0.25) is 5.02 Å². The molecule has 0 bridgehead atoms. The number of aryl methyl sites for hydroxylation is 1. The van der Waals surface area contributed by atoms with Gasteiger partial charge in [0.15, 0.2) is 0 Å². The molecule has 0 spiro atoms. The van der Waals surface area contributed by atoms with Gasteiger partial charge in [-0.25, -0.2) is 0 Å². The maximum atomic E-state index is 6.13. The minimum atomic E-state index is 0.455. The van der Waals surface area contributed by atoms with E-state index in [-0.39, 0.29) is 0 Å². The van der Waals surface area contributed by atoms with Crippen LogP contribution in [0.15, 0.2) is 59.0 Å². The van der Waals surface area contributed by atoms with Crippen LogP contribution >= 0.6 is 11.6 Å². The molecule has 0 atom stereocenters. The molecule has 1 heterocycles. The fraction of sp³-hybridized carbons (Fsp3) is 0.222. The highest BCUT2D eigenvalue weighted by Gasteiger charge is 2.10. The van der Waals surface area contributed by atoms with Gasteiger partial charge in [-0.05, 0) is 37.1 Å². The van der Waals surface area contributed by atoms with Crippen molar-refractivity contribution in [2.24, 2.45) is 0 Å². The fourth-order valence-corrected chi connectivity index (χ4v) is 2.54. The van der Waals surface area contributed by atoms with Crippen molar-refractivity contribution in [3.63, 3.8) is 0 Å². The normalized spacial score (nSPS) is 10.8. The second-order valence-corrected chi connectivity index (χ2v) is 5.65. The van der Waals surface area contributed by atoms with E-state index in [1.165, 1.54) is 5.56 Å². The lowest BCUT2D eigenvalue weighted by Gasteiger charge is -2.02. The summed E-state index contributed by atoms with van der Waals surface area (Å²) in [5.74, 6) is 1.02. The fourth-order valence-electron chi connectivity index (χ4n) is 2.33. The zero-order valence-corrected chi connectivity index (χ0v) is 13.5. The third kappa shape index (κ3) is 4.41. The Labute approximate surface area is 140 Å². The average Bonchev–Trinajstić information content (AvgIpc) is 3.04. The van der Waals surface area contributed by atoms with E-state index in [1.54, 1.807) is 0 Å². The number of benzene rings is 2. The van der Waals surface area contributed by atoms with E-state index in [4.69, 9.17) is 16.0 Å². The topological polar surface area (TPSA) is 51.0 Å². The molecule has 0 saturated heterocycles. The van der Waals surface area contributed by atoms with Crippen molar-refractivity contribution in [1.29, 1.82) is 0 Å². The van der Waals surface area contributed by atoms with Crippen molar-refractivity contribution >= 4 is 11.6 Å². The van der Waals surface area contributed by atoms with Crippen molar-refractivity contribution in [3.8, 4) is 11.5 Å². The van der Waals surface area contributed by atoms with Crippen LogP contribution in [-0.2, 0) is 13.0 Å². The Hall–Kier alpha value is -2.17. The molecule has 5 heteroatoms. The predicted octanol–water partition coefficient (Wildman–Crippen LogP) is 4.11. The molecule has 3 aromatic rings. The first-order valence-corrected chi connectivity index (χ1v) is 8.02. The van der Waals surface area contributed by atoms with Gasteiger partial charge in [0.05, 0.1) is 17.1 Å². The molecule has 0 aliphatic carbocycles. The second-order valence-electron chi connectivity index (χ2n) is 5.25. The van der Waals surface area contributed by atoms with E-state index in [1.807, 2.05) is 30.3 Å². The van der Waals surface area contributed by atoms with Crippen molar-refractivity contribution in [2.75, 3.05) is 6.54 Å². The maximum Gasteiger partial charge on any atom is 0.249 e. The molecule has 0 aliphatic rings. The zero-order valence-electron chi connectivity index (χ0n) is 12.7. The summed E-state index contributed by atoms with van der Waals surface area (Å²) in [6.45, 7) is 1.46. The average molecular weight is 328 g/mol. The van der Waals surface area contributed by atoms with E-state index in [2.05, 4.69) is 39.8 Å². The van der Waals surface area contributed by atoms with Gasteiger partial charge in [-0.15, -0.1) is 10.2 Å². The molecule has 4 nitrogen and oxygen atoms in total. The lowest BCUT2D eigenvalue weighted by atomic mass is 10.1. The molecular formula is C18H18ClN3O. The van der Waals surface area contributed by atoms with Crippen molar-refractivity contribution in [1.82, 2.24) is 15.5 Å². The van der Waals surface area contributed by atoms with E-state index < -0.39 is 0 Å². The first-order valence-electron chi connectivity index (χ1n) is 7.65. The van der Waals surface area contributed by atoms with Gasteiger partial charge in [0.25, 0.3) is 0 Å². The molecule has 2 aromatic carbocycles. The van der Waals surface area contributed by atoms with E-state index >= 15 is 0 Å². The summed E-state index contributed by atoms with van der Waals surface area (Å²) in [6.07, 6.45) is 2.12. The summed E-state index contributed by atoms with van der Waals surface area (Å²) in [5, 5.41) is 12.0. The molecule has 3 rings (SSSR count). The van der Waals surface area contributed by atoms with Gasteiger partial charge >= 0.3 is 0 Å². The zero-order chi connectivity index (χ0) is 15.9. The molecule has 0 radical (unpaired) electrons. The maximum absolute atomic E-state index is 6.13. The largest absolute Gasteiger partial charge is 0.419 e. The van der Waals surface area contributed by atoms with Crippen LogP contribution in [0, 0.1) is 0 Å². The number of aromatic nitrogens is 2. The lowest BCUT2D eigenvalue weighted by molar-refractivity contribution is 0.475. The Kier molecular flexibility index (Phi) is 5.40. The molecule has 0 aliphatic heterocycles. The predicted molar refractivity (Wildman–Crippen MR) is 91.2 cm³/mol. The monoisotopic (exact) mass is 327 g/mol. The third-order valence-corrected chi connectivity index (χ3v) is 3.84. The number of nitrogens with one attached hydrogen (secondary N) is 1. The van der Waals surface area contributed by atoms with Crippen LogP contribution in [0.5, 0.6) is 0 Å². The van der Waals surface area contributed by atoms with Gasteiger partial charge in [-0.1, -0.05) is 54.1 Å². The number of hydrogen-bond acceptors (Lipinski definition) is 4.